The highest BCUT2D eigenvalue weighted by molar-refractivity contribution is 5.90. The van der Waals surface area contributed by atoms with E-state index in [0.29, 0.717) is 17.7 Å². The van der Waals surface area contributed by atoms with Crippen molar-refractivity contribution in [3.8, 4) is 17.0 Å². The Balaban J connectivity index is 2.09. The number of carbonyl (C=O) groups excluding carboxylic acids is 3. The van der Waals surface area contributed by atoms with Crippen molar-refractivity contribution in [1.29, 1.82) is 0 Å². The predicted octanol–water partition coefficient (Wildman–Crippen LogP) is 5.28. The van der Waals surface area contributed by atoms with Gasteiger partial charge in [0, 0.05) is 31.1 Å². The third kappa shape index (κ3) is 9.52. The van der Waals surface area contributed by atoms with Crippen LogP contribution < -0.4 is 9.64 Å². The SMILES string of the molecule is COC(=O)[C@@H]1C[C@H](N(C(=O)OC(C)(C)C)c2cccc(-c3cccc([N+](=O)[O-])c3OCCCN(C)C)n2)CN1C(=O)OC(C)(C)C. The van der Waals surface area contributed by atoms with Gasteiger partial charge in [-0.25, -0.2) is 19.4 Å². The van der Waals surface area contributed by atoms with E-state index in [1.165, 1.54) is 29.0 Å². The third-order valence-corrected chi connectivity index (χ3v) is 6.78. The van der Waals surface area contributed by atoms with Crippen molar-refractivity contribution in [2.24, 2.45) is 0 Å². The maximum atomic E-state index is 13.8. The number of nitrogens with zero attached hydrogens (tertiary/aromatic N) is 5. The minimum Gasteiger partial charge on any atom is -0.486 e. The predicted molar refractivity (Wildman–Crippen MR) is 171 cm³/mol. The second-order valence-electron chi connectivity index (χ2n) is 13.2. The molecule has 0 radical (unpaired) electrons. The van der Waals surface area contributed by atoms with Crippen LogP contribution in [-0.2, 0) is 19.0 Å². The second-order valence-corrected chi connectivity index (χ2v) is 13.2. The van der Waals surface area contributed by atoms with E-state index in [0.717, 1.165) is 6.54 Å². The molecule has 1 aromatic carbocycles. The van der Waals surface area contributed by atoms with Crippen molar-refractivity contribution in [3.05, 3.63) is 46.5 Å². The van der Waals surface area contributed by atoms with Gasteiger partial charge in [-0.3, -0.25) is 19.9 Å². The molecule has 0 aliphatic carbocycles. The highest BCUT2D eigenvalue weighted by Crippen LogP contribution is 2.38. The highest BCUT2D eigenvalue weighted by atomic mass is 16.6. The van der Waals surface area contributed by atoms with Gasteiger partial charge in [-0.2, -0.15) is 0 Å². The number of pyridine rings is 1. The number of amides is 2. The van der Waals surface area contributed by atoms with E-state index in [-0.39, 0.29) is 36.8 Å². The lowest BCUT2D eigenvalue weighted by atomic mass is 10.1. The Hall–Kier alpha value is -4.46. The number of para-hydroxylation sites is 1. The lowest BCUT2D eigenvalue weighted by molar-refractivity contribution is -0.385. The fourth-order valence-electron chi connectivity index (χ4n) is 4.91. The zero-order valence-electron chi connectivity index (χ0n) is 28.1. The van der Waals surface area contributed by atoms with Crippen LogP contribution in [0, 0.1) is 10.1 Å². The first-order valence-electron chi connectivity index (χ1n) is 15.0. The normalized spacial score (nSPS) is 16.6. The maximum absolute atomic E-state index is 13.8. The molecule has 14 nitrogen and oxygen atoms in total. The van der Waals surface area contributed by atoms with E-state index in [4.69, 9.17) is 23.9 Å². The fourth-order valence-corrected chi connectivity index (χ4v) is 4.91. The van der Waals surface area contributed by atoms with Crippen molar-refractivity contribution in [1.82, 2.24) is 14.8 Å². The molecular formula is C32H45N5O9. The fraction of sp³-hybridized carbons (Fsp3) is 0.562. The van der Waals surface area contributed by atoms with Gasteiger partial charge in [-0.05, 0) is 80.3 Å². The molecule has 3 rings (SSSR count). The van der Waals surface area contributed by atoms with Gasteiger partial charge in [0.05, 0.1) is 30.4 Å². The molecule has 2 amide bonds. The molecule has 1 saturated heterocycles. The zero-order chi connectivity index (χ0) is 34.4. The molecule has 0 saturated carbocycles. The number of hydrogen-bond acceptors (Lipinski definition) is 11. The molecule has 0 bridgehead atoms. The van der Waals surface area contributed by atoms with E-state index in [9.17, 15) is 24.5 Å². The summed E-state index contributed by atoms with van der Waals surface area (Å²) in [6, 6.07) is 7.66. The first-order chi connectivity index (χ1) is 21.4. The summed E-state index contributed by atoms with van der Waals surface area (Å²) in [5.74, 6) is -0.453. The molecule has 2 atom stereocenters. The monoisotopic (exact) mass is 643 g/mol. The molecule has 14 heteroatoms. The van der Waals surface area contributed by atoms with E-state index in [2.05, 4.69) is 0 Å². The molecule has 0 unspecified atom stereocenters. The number of hydrogen-bond donors (Lipinski definition) is 0. The maximum Gasteiger partial charge on any atom is 0.416 e. The van der Waals surface area contributed by atoms with Crippen molar-refractivity contribution in [2.45, 2.75) is 77.7 Å². The van der Waals surface area contributed by atoms with Gasteiger partial charge in [0.25, 0.3) is 0 Å². The second kappa shape index (κ2) is 14.8. The molecule has 1 aliphatic rings. The van der Waals surface area contributed by atoms with Crippen LogP contribution >= 0.6 is 0 Å². The number of anilines is 1. The van der Waals surface area contributed by atoms with Crippen molar-refractivity contribution >= 4 is 29.7 Å². The quantitative estimate of drug-likeness (QED) is 0.109. The molecule has 2 heterocycles. The number of methoxy groups -OCH3 is 1. The minimum atomic E-state index is -1.03. The molecule has 252 valence electrons. The van der Waals surface area contributed by atoms with Crippen LogP contribution in [0.5, 0.6) is 5.75 Å². The van der Waals surface area contributed by atoms with Gasteiger partial charge in [0.2, 0.25) is 5.75 Å². The summed E-state index contributed by atoms with van der Waals surface area (Å²) in [5.41, 5.74) is -1.27. The van der Waals surface area contributed by atoms with E-state index in [1.54, 1.807) is 65.8 Å². The summed E-state index contributed by atoms with van der Waals surface area (Å²) in [4.78, 5) is 60.5. The van der Waals surface area contributed by atoms with Crippen molar-refractivity contribution in [2.75, 3.05) is 45.8 Å². The van der Waals surface area contributed by atoms with E-state index >= 15 is 0 Å². The molecule has 1 aliphatic heterocycles. The first-order valence-corrected chi connectivity index (χ1v) is 15.0. The number of rotatable bonds is 10. The van der Waals surface area contributed by atoms with Crippen LogP contribution in [0.3, 0.4) is 0 Å². The molecule has 1 aromatic heterocycles. The van der Waals surface area contributed by atoms with Crippen LogP contribution in [-0.4, -0.2) is 102 Å². The van der Waals surface area contributed by atoms with Crippen LogP contribution in [0.15, 0.2) is 36.4 Å². The number of nitro benzene ring substituents is 1. The van der Waals surface area contributed by atoms with Gasteiger partial charge >= 0.3 is 23.8 Å². The van der Waals surface area contributed by atoms with Crippen molar-refractivity contribution < 1.29 is 38.3 Å². The summed E-state index contributed by atoms with van der Waals surface area (Å²) < 4.78 is 22.2. The van der Waals surface area contributed by atoms with E-state index in [1.807, 2.05) is 19.0 Å². The van der Waals surface area contributed by atoms with Gasteiger partial charge < -0.3 is 23.8 Å². The molecular weight excluding hydrogens is 598 g/mol. The Labute approximate surface area is 269 Å². The lowest BCUT2D eigenvalue weighted by Gasteiger charge is -2.31. The van der Waals surface area contributed by atoms with Gasteiger partial charge in [-0.15, -0.1) is 0 Å². The van der Waals surface area contributed by atoms with Crippen LogP contribution in [0.1, 0.15) is 54.4 Å². The van der Waals surface area contributed by atoms with E-state index < -0.39 is 46.4 Å². The number of esters is 1. The average Bonchev–Trinajstić information content (AvgIpc) is 3.38. The molecule has 46 heavy (non-hydrogen) atoms. The summed E-state index contributed by atoms with van der Waals surface area (Å²) in [7, 11) is 5.07. The minimum absolute atomic E-state index is 0.0219. The first kappa shape index (κ1) is 36.0. The highest BCUT2D eigenvalue weighted by Gasteiger charge is 2.46. The van der Waals surface area contributed by atoms with Crippen LogP contribution in [0.2, 0.25) is 0 Å². The summed E-state index contributed by atoms with van der Waals surface area (Å²) >= 11 is 0. The number of nitro groups is 1. The topological polar surface area (TPSA) is 154 Å². The standard InChI is InChI=1S/C32H45N5O9/c1-31(2,3)45-29(39)35-20-21(19-25(35)28(38)43-9)36(30(40)46-32(4,5)6)26-16-11-14-23(33-26)22-13-10-15-24(37(41)42)27(22)44-18-12-17-34(7)8/h10-11,13-16,21,25H,12,17-20H2,1-9H3/t21-,25-/m0/s1. The summed E-state index contributed by atoms with van der Waals surface area (Å²) in [6.07, 6.45) is -0.830. The largest absolute Gasteiger partial charge is 0.486 e. The molecule has 0 N–H and O–H groups in total. The van der Waals surface area contributed by atoms with Crippen LogP contribution in [0.4, 0.5) is 21.1 Å². The molecule has 2 aromatic rings. The Morgan fingerprint density at radius 3 is 2.26 bits per heavy atom. The number of likely N-dealkylation sites (tertiary alicyclic amines) is 1. The Bertz CT molecular complexity index is 1420. The summed E-state index contributed by atoms with van der Waals surface area (Å²) in [6.45, 7) is 11.2. The number of aromatic nitrogens is 1. The lowest BCUT2D eigenvalue weighted by Crippen LogP contribution is -2.46. The number of ether oxygens (including phenoxy) is 4. The van der Waals surface area contributed by atoms with Crippen molar-refractivity contribution in [3.63, 3.8) is 0 Å². The Kier molecular flexibility index (Phi) is 11.6. The zero-order valence-corrected chi connectivity index (χ0v) is 28.1. The Morgan fingerprint density at radius 1 is 1.02 bits per heavy atom. The van der Waals surface area contributed by atoms with Gasteiger partial charge in [0.1, 0.15) is 23.1 Å². The van der Waals surface area contributed by atoms with Gasteiger partial charge in [0.15, 0.2) is 0 Å². The van der Waals surface area contributed by atoms with Gasteiger partial charge in [-0.1, -0.05) is 12.1 Å². The summed E-state index contributed by atoms with van der Waals surface area (Å²) in [5, 5.41) is 11.9. The smallest absolute Gasteiger partial charge is 0.416 e. The molecule has 0 spiro atoms. The Morgan fingerprint density at radius 2 is 1.67 bits per heavy atom. The number of carbonyl (C=O) groups is 3. The van der Waals surface area contributed by atoms with Crippen LogP contribution in [0.25, 0.3) is 11.3 Å². The third-order valence-electron chi connectivity index (χ3n) is 6.78. The average molecular weight is 644 g/mol. The number of benzene rings is 1. The molecule has 1 fully saturated rings.